The molecule has 94 valence electrons. The molecule has 0 bridgehead atoms. The molecule has 1 aliphatic rings. The molecule has 1 heterocycles. The number of β-amino-alcohol motifs (C(OH)–C–C–N with tert-alkyl or cyclic N) is 1. The molecule has 0 amide bonds. The Balaban J connectivity index is 1.70. The first kappa shape index (κ1) is 12.9. The number of benzene rings is 1. The predicted molar refractivity (Wildman–Crippen MR) is 68.8 cm³/mol. The lowest BCUT2D eigenvalue weighted by Gasteiger charge is -2.29. The van der Waals surface area contributed by atoms with Gasteiger partial charge in [0.2, 0.25) is 0 Å². The summed E-state index contributed by atoms with van der Waals surface area (Å²) >= 11 is 1.73. The summed E-state index contributed by atoms with van der Waals surface area (Å²) < 4.78 is 12.7. The Morgan fingerprint density at radius 2 is 2.12 bits per heavy atom. The molecule has 0 radical (unpaired) electrons. The zero-order valence-corrected chi connectivity index (χ0v) is 10.6. The SMILES string of the molecule is OC1CCCN(CCSc2ccc(F)cc2)C1. The fraction of sp³-hybridized carbons (Fsp3) is 0.538. The summed E-state index contributed by atoms with van der Waals surface area (Å²) in [6.07, 6.45) is 1.86. The van der Waals surface area contributed by atoms with E-state index in [4.69, 9.17) is 0 Å². The van der Waals surface area contributed by atoms with Gasteiger partial charge in [-0.25, -0.2) is 4.39 Å². The standard InChI is InChI=1S/C13H18FNOS/c14-11-3-5-13(6-4-11)17-9-8-15-7-1-2-12(16)10-15/h3-6,12,16H,1-2,7-10H2. The smallest absolute Gasteiger partial charge is 0.123 e. The fourth-order valence-electron chi connectivity index (χ4n) is 2.06. The van der Waals surface area contributed by atoms with Crippen molar-refractivity contribution in [2.75, 3.05) is 25.4 Å². The minimum absolute atomic E-state index is 0.153. The van der Waals surface area contributed by atoms with Crippen LogP contribution in [0.25, 0.3) is 0 Å². The highest BCUT2D eigenvalue weighted by molar-refractivity contribution is 7.99. The summed E-state index contributed by atoms with van der Waals surface area (Å²) in [5.41, 5.74) is 0. The Bertz CT molecular complexity index is 344. The zero-order valence-electron chi connectivity index (χ0n) is 9.81. The van der Waals surface area contributed by atoms with Crippen LogP contribution in [-0.2, 0) is 0 Å². The zero-order chi connectivity index (χ0) is 12.1. The summed E-state index contributed by atoms with van der Waals surface area (Å²) in [5.74, 6) is 0.798. The van der Waals surface area contributed by atoms with Crippen molar-refractivity contribution in [3.05, 3.63) is 30.1 Å². The highest BCUT2D eigenvalue weighted by Gasteiger charge is 2.16. The number of aliphatic hydroxyl groups is 1. The summed E-state index contributed by atoms with van der Waals surface area (Å²) in [4.78, 5) is 3.40. The highest BCUT2D eigenvalue weighted by Crippen LogP contribution is 2.19. The lowest BCUT2D eigenvalue weighted by atomic mass is 10.1. The van der Waals surface area contributed by atoms with Crippen LogP contribution in [0.5, 0.6) is 0 Å². The predicted octanol–water partition coefficient (Wildman–Crippen LogP) is 2.37. The number of rotatable bonds is 4. The third-order valence-electron chi connectivity index (χ3n) is 2.97. The lowest BCUT2D eigenvalue weighted by molar-refractivity contribution is 0.0743. The monoisotopic (exact) mass is 255 g/mol. The van der Waals surface area contributed by atoms with Crippen molar-refractivity contribution in [2.24, 2.45) is 0 Å². The number of hydrogen-bond acceptors (Lipinski definition) is 3. The number of likely N-dealkylation sites (tertiary alicyclic amines) is 1. The molecule has 1 unspecified atom stereocenters. The van der Waals surface area contributed by atoms with Gasteiger partial charge in [-0.1, -0.05) is 0 Å². The average Bonchev–Trinajstić information content (AvgIpc) is 2.32. The molecular formula is C13H18FNOS. The molecule has 1 fully saturated rings. The minimum Gasteiger partial charge on any atom is -0.392 e. The number of halogens is 1. The number of nitrogens with zero attached hydrogens (tertiary/aromatic N) is 1. The van der Waals surface area contributed by atoms with Crippen LogP contribution in [0.3, 0.4) is 0 Å². The number of piperidine rings is 1. The molecule has 0 aliphatic carbocycles. The first-order chi connectivity index (χ1) is 8.24. The van der Waals surface area contributed by atoms with E-state index in [0.29, 0.717) is 0 Å². The number of thioether (sulfide) groups is 1. The highest BCUT2D eigenvalue weighted by atomic mass is 32.2. The minimum atomic E-state index is -0.187. The third kappa shape index (κ3) is 4.30. The van der Waals surface area contributed by atoms with E-state index in [1.807, 2.05) is 12.1 Å². The van der Waals surface area contributed by atoms with E-state index in [1.165, 1.54) is 12.1 Å². The molecule has 0 saturated carbocycles. The van der Waals surface area contributed by atoms with Crippen molar-refractivity contribution in [3.8, 4) is 0 Å². The van der Waals surface area contributed by atoms with Gasteiger partial charge in [-0.05, 0) is 43.7 Å². The fourth-order valence-corrected chi connectivity index (χ4v) is 2.97. The Morgan fingerprint density at radius 3 is 2.82 bits per heavy atom. The second-order valence-electron chi connectivity index (χ2n) is 4.40. The molecular weight excluding hydrogens is 237 g/mol. The van der Waals surface area contributed by atoms with Crippen molar-refractivity contribution < 1.29 is 9.50 Å². The molecule has 1 aromatic carbocycles. The Hall–Kier alpha value is -0.580. The van der Waals surface area contributed by atoms with Crippen molar-refractivity contribution >= 4 is 11.8 Å². The second kappa shape index (κ2) is 6.38. The van der Waals surface area contributed by atoms with Gasteiger partial charge in [-0.15, -0.1) is 11.8 Å². The first-order valence-electron chi connectivity index (χ1n) is 6.03. The third-order valence-corrected chi connectivity index (χ3v) is 3.96. The normalized spacial score (nSPS) is 21.6. The van der Waals surface area contributed by atoms with Crippen LogP contribution in [0.15, 0.2) is 29.2 Å². The van der Waals surface area contributed by atoms with Gasteiger partial charge in [-0.3, -0.25) is 4.90 Å². The lowest BCUT2D eigenvalue weighted by Crippen LogP contribution is -2.39. The molecule has 4 heteroatoms. The van der Waals surface area contributed by atoms with Gasteiger partial charge in [0.25, 0.3) is 0 Å². The molecule has 1 atom stereocenters. The molecule has 0 spiro atoms. The van der Waals surface area contributed by atoms with Crippen molar-refractivity contribution in [1.29, 1.82) is 0 Å². The van der Waals surface area contributed by atoms with Crippen molar-refractivity contribution in [2.45, 2.75) is 23.8 Å². The quantitative estimate of drug-likeness (QED) is 0.836. The maximum absolute atomic E-state index is 12.7. The van der Waals surface area contributed by atoms with E-state index < -0.39 is 0 Å². The molecule has 0 aromatic heterocycles. The largest absolute Gasteiger partial charge is 0.392 e. The van der Waals surface area contributed by atoms with Crippen LogP contribution in [0.1, 0.15) is 12.8 Å². The van der Waals surface area contributed by atoms with Gasteiger partial charge in [0, 0.05) is 23.7 Å². The molecule has 2 rings (SSSR count). The summed E-state index contributed by atoms with van der Waals surface area (Å²) in [6, 6.07) is 6.61. The van der Waals surface area contributed by atoms with Crippen molar-refractivity contribution in [3.63, 3.8) is 0 Å². The van der Waals surface area contributed by atoms with Crippen LogP contribution in [0.2, 0.25) is 0 Å². The van der Waals surface area contributed by atoms with E-state index in [9.17, 15) is 9.50 Å². The summed E-state index contributed by atoms with van der Waals surface area (Å²) in [6.45, 7) is 2.87. The van der Waals surface area contributed by atoms with E-state index in [1.54, 1.807) is 11.8 Å². The Kier molecular flexibility index (Phi) is 4.83. The van der Waals surface area contributed by atoms with E-state index >= 15 is 0 Å². The Morgan fingerprint density at radius 1 is 1.35 bits per heavy atom. The van der Waals surface area contributed by atoms with Crippen molar-refractivity contribution in [1.82, 2.24) is 4.90 Å². The molecule has 1 saturated heterocycles. The van der Waals surface area contributed by atoms with Gasteiger partial charge in [0.05, 0.1) is 6.10 Å². The van der Waals surface area contributed by atoms with Gasteiger partial charge in [-0.2, -0.15) is 0 Å². The van der Waals surface area contributed by atoms with Crippen LogP contribution in [0.4, 0.5) is 4.39 Å². The van der Waals surface area contributed by atoms with Crippen LogP contribution >= 0.6 is 11.8 Å². The van der Waals surface area contributed by atoms with Crippen LogP contribution in [-0.4, -0.2) is 41.5 Å². The molecule has 1 aromatic rings. The molecule has 1 N–H and O–H groups in total. The van der Waals surface area contributed by atoms with Gasteiger partial charge in [0.15, 0.2) is 0 Å². The van der Waals surface area contributed by atoms with Gasteiger partial charge < -0.3 is 5.11 Å². The first-order valence-corrected chi connectivity index (χ1v) is 7.01. The molecule has 2 nitrogen and oxygen atoms in total. The number of hydrogen-bond donors (Lipinski definition) is 1. The van der Waals surface area contributed by atoms with E-state index in [0.717, 1.165) is 43.1 Å². The van der Waals surface area contributed by atoms with Crippen LogP contribution in [0, 0.1) is 5.82 Å². The topological polar surface area (TPSA) is 23.5 Å². The maximum atomic E-state index is 12.7. The Labute approximate surface area is 106 Å². The summed E-state index contributed by atoms with van der Waals surface area (Å²) in [7, 11) is 0. The van der Waals surface area contributed by atoms with E-state index in [2.05, 4.69) is 4.90 Å². The maximum Gasteiger partial charge on any atom is 0.123 e. The van der Waals surface area contributed by atoms with Crippen LogP contribution < -0.4 is 0 Å². The second-order valence-corrected chi connectivity index (χ2v) is 5.57. The summed E-state index contributed by atoms with van der Waals surface area (Å²) in [5, 5.41) is 9.54. The van der Waals surface area contributed by atoms with E-state index in [-0.39, 0.29) is 11.9 Å². The van der Waals surface area contributed by atoms with Gasteiger partial charge in [0.1, 0.15) is 5.82 Å². The average molecular weight is 255 g/mol. The molecule has 1 aliphatic heterocycles. The molecule has 17 heavy (non-hydrogen) atoms. The van der Waals surface area contributed by atoms with Gasteiger partial charge >= 0.3 is 0 Å². The number of aliphatic hydroxyl groups excluding tert-OH is 1.